The molecule has 0 saturated carbocycles. The van der Waals surface area contributed by atoms with Gasteiger partial charge in [-0.25, -0.2) is 0 Å². The van der Waals surface area contributed by atoms with Crippen LogP contribution in [-0.2, 0) is 20.4 Å². The van der Waals surface area contributed by atoms with Crippen LogP contribution in [0.25, 0.3) is 0 Å². The Kier molecular flexibility index (Phi) is 9.90. The molecule has 0 nitrogen and oxygen atoms in total. The van der Waals surface area contributed by atoms with E-state index in [-0.39, 0.29) is 37.2 Å². The Hall–Kier alpha value is -0.279. The van der Waals surface area contributed by atoms with Crippen LogP contribution in [0.15, 0.2) is 81.4 Å². The molecule has 0 N–H and O–H groups in total. The van der Waals surface area contributed by atoms with E-state index in [0.717, 1.165) is 6.42 Å². The van der Waals surface area contributed by atoms with Crippen molar-refractivity contribution in [2.75, 3.05) is 0 Å². The zero-order valence-electron chi connectivity index (χ0n) is 13.7. The quantitative estimate of drug-likeness (QED) is 0.428. The summed E-state index contributed by atoms with van der Waals surface area (Å²) < 4.78 is 1.55. The monoisotopic (exact) mass is 428 g/mol. The topological polar surface area (TPSA) is 0 Å². The molecule has 2 aromatic carbocycles. The molecule has 3 rings (SSSR count). The van der Waals surface area contributed by atoms with Gasteiger partial charge in [0.15, 0.2) is 0 Å². The van der Waals surface area contributed by atoms with E-state index >= 15 is 0 Å². The van der Waals surface area contributed by atoms with E-state index in [1.54, 1.807) is 9.07 Å². The van der Waals surface area contributed by atoms with Crippen LogP contribution in [0, 0.1) is 0 Å². The summed E-state index contributed by atoms with van der Waals surface area (Å²) in [6.07, 6.45) is 3.51. The second-order valence-electron chi connectivity index (χ2n) is 5.80. The molecule has 0 radical (unpaired) electrons. The smallest absolute Gasteiger partial charge is 1.00 e. The van der Waals surface area contributed by atoms with Crippen LogP contribution in [0.1, 0.15) is 13.3 Å². The van der Waals surface area contributed by atoms with Crippen LogP contribution in [0.3, 0.4) is 0 Å². The van der Waals surface area contributed by atoms with Crippen molar-refractivity contribution in [3.63, 3.8) is 0 Å². The van der Waals surface area contributed by atoms with Gasteiger partial charge in [0, 0.05) is 0 Å². The van der Waals surface area contributed by atoms with Crippen LogP contribution in [0.2, 0.25) is 6.55 Å². The Morgan fingerprint density at radius 3 is 1.54 bits per heavy atom. The predicted octanol–water partition coefficient (Wildman–Crippen LogP) is -5.42. The van der Waals surface area contributed by atoms with E-state index in [1.807, 2.05) is 0 Å². The molecule has 5 heteroatoms. The first kappa shape index (κ1) is 23.7. The Morgan fingerprint density at radius 2 is 1.21 bits per heavy atom. The van der Waals surface area contributed by atoms with Gasteiger partial charge in [0.05, 0.1) is 0 Å². The third-order valence-electron chi connectivity index (χ3n) is 4.51. The fraction of sp³-hybridized carbons (Fsp3) is 0.158. The molecule has 0 unspecified atom stereocenters. The normalized spacial score (nSPS) is 13.4. The van der Waals surface area contributed by atoms with Crippen LogP contribution < -0.4 is 47.6 Å². The van der Waals surface area contributed by atoms with Crippen molar-refractivity contribution < 1.29 is 57.7 Å². The van der Waals surface area contributed by atoms with Crippen LogP contribution >= 0.6 is 0 Å². The molecule has 0 bridgehead atoms. The van der Waals surface area contributed by atoms with Crippen molar-refractivity contribution in [2.24, 2.45) is 0 Å². The summed E-state index contributed by atoms with van der Waals surface area (Å²) in [7, 11) is -1.88. The third-order valence-corrected chi connectivity index (χ3v) is 10.3. The van der Waals surface area contributed by atoms with E-state index in [2.05, 4.69) is 101 Å². The Balaban J connectivity index is 0.00000176. The molecule has 2 aromatic rings. The number of allylic oxidation sites excluding steroid dienone is 4. The van der Waals surface area contributed by atoms with Gasteiger partial charge in [-0.3, -0.25) is 0 Å². The van der Waals surface area contributed by atoms with E-state index < -0.39 is 8.07 Å². The number of hydrogen-bond donors (Lipinski definition) is 0. The zero-order chi connectivity index (χ0) is 14.9. The number of hydrogen-bond acceptors (Lipinski definition) is 0. The first-order chi connectivity index (χ1) is 10.1. The molecular weight excluding hydrogens is 411 g/mol. The van der Waals surface area contributed by atoms with E-state index in [4.69, 9.17) is 0 Å². The summed E-state index contributed by atoms with van der Waals surface area (Å²) >= 11 is 2.31. The molecular formula is C19H19Cl3SiTi. The van der Waals surface area contributed by atoms with Gasteiger partial charge in [-0.1, -0.05) is 0 Å². The minimum atomic E-state index is -1.88. The summed E-state index contributed by atoms with van der Waals surface area (Å²) in [5.74, 6) is 0. The van der Waals surface area contributed by atoms with E-state index in [9.17, 15) is 0 Å². The first-order valence-electron chi connectivity index (χ1n) is 7.37. The molecule has 0 heterocycles. The van der Waals surface area contributed by atoms with Gasteiger partial charge in [0.2, 0.25) is 0 Å². The molecule has 0 aromatic heterocycles. The summed E-state index contributed by atoms with van der Waals surface area (Å²) in [5, 5.41) is 4.63. The second-order valence-corrected chi connectivity index (χ2v) is 10.6. The third kappa shape index (κ3) is 4.27. The molecule has 124 valence electrons. The van der Waals surface area contributed by atoms with Crippen molar-refractivity contribution >= 4 is 18.4 Å². The second kappa shape index (κ2) is 10.0. The van der Waals surface area contributed by atoms with Gasteiger partial charge < -0.3 is 37.2 Å². The van der Waals surface area contributed by atoms with Gasteiger partial charge in [-0.15, -0.1) is 0 Å². The molecule has 0 saturated heterocycles. The predicted molar refractivity (Wildman–Crippen MR) is 89.2 cm³/mol. The molecule has 0 atom stereocenters. The van der Waals surface area contributed by atoms with Crippen molar-refractivity contribution in [3.8, 4) is 0 Å². The van der Waals surface area contributed by atoms with Gasteiger partial charge in [0.25, 0.3) is 0 Å². The van der Waals surface area contributed by atoms with Gasteiger partial charge in [-0.2, -0.15) is 0 Å². The van der Waals surface area contributed by atoms with Crippen LogP contribution in [-0.4, -0.2) is 8.07 Å². The summed E-state index contributed by atoms with van der Waals surface area (Å²) in [6, 6.07) is 22.2. The fourth-order valence-corrected chi connectivity index (χ4v) is 9.26. The maximum atomic E-state index is 2.50. The maximum absolute atomic E-state index is 2.50. The number of rotatable bonds is 3. The van der Waals surface area contributed by atoms with Gasteiger partial charge >= 0.3 is 140 Å². The Morgan fingerprint density at radius 1 is 0.792 bits per heavy atom. The first-order valence-corrected chi connectivity index (χ1v) is 10.7. The Bertz CT molecular complexity index is 672. The number of benzene rings is 2. The molecule has 1 aliphatic carbocycles. The van der Waals surface area contributed by atoms with Gasteiger partial charge in [0.1, 0.15) is 0 Å². The standard InChI is InChI=1S/C19H19Si.3ClH.Ti/c1-16-10-9-15-19(16)20(2,17-11-5-3-6-12-17)18-13-7-4-8-14-18;;;;/h3-8,10-14H,9H2,1-2H3;3*1H;/q;;;;+3/p-3. The summed E-state index contributed by atoms with van der Waals surface area (Å²) in [4.78, 5) is 0. The average molecular weight is 430 g/mol. The van der Waals surface area contributed by atoms with E-state index in [1.165, 1.54) is 15.9 Å². The largest absolute Gasteiger partial charge is 1.00 e. The van der Waals surface area contributed by atoms with Crippen molar-refractivity contribution in [3.05, 3.63) is 81.4 Å². The minimum Gasteiger partial charge on any atom is -1.00 e. The molecule has 0 spiro atoms. The average Bonchev–Trinajstić information content (AvgIpc) is 2.88. The van der Waals surface area contributed by atoms with Crippen molar-refractivity contribution in [1.82, 2.24) is 0 Å². The molecule has 24 heavy (non-hydrogen) atoms. The molecule has 1 aliphatic rings. The van der Waals surface area contributed by atoms with E-state index in [0.29, 0.717) is 0 Å². The number of halogens is 3. The maximum Gasteiger partial charge on any atom is -1.00 e. The fourth-order valence-electron chi connectivity index (χ4n) is 3.39. The summed E-state index contributed by atoms with van der Waals surface area (Å²) in [5.41, 5.74) is 1.48. The SMILES string of the molecule is CC1=CC[C]([Ti+3])=C1[Si](C)(c1ccccc1)c1ccccc1.[Cl-].[Cl-].[Cl-]. The summed E-state index contributed by atoms with van der Waals surface area (Å²) in [6.45, 7) is 4.78. The van der Waals surface area contributed by atoms with Crippen molar-refractivity contribution in [1.29, 1.82) is 0 Å². The van der Waals surface area contributed by atoms with Crippen LogP contribution in [0.5, 0.6) is 0 Å². The van der Waals surface area contributed by atoms with Crippen molar-refractivity contribution in [2.45, 2.75) is 19.9 Å². The minimum absolute atomic E-state index is 0. The van der Waals surface area contributed by atoms with Gasteiger partial charge in [-0.05, 0) is 0 Å². The molecule has 0 fully saturated rings. The van der Waals surface area contributed by atoms with Crippen LogP contribution in [0.4, 0.5) is 0 Å². The molecule has 0 aliphatic heterocycles. The molecule has 0 amide bonds. The Labute approximate surface area is 176 Å². The zero-order valence-corrected chi connectivity index (χ0v) is 18.5.